The smallest absolute Gasteiger partial charge is 0.259 e. The summed E-state index contributed by atoms with van der Waals surface area (Å²) in [4.78, 5) is 23.0. The van der Waals surface area contributed by atoms with Crippen LogP contribution in [-0.2, 0) is 6.42 Å². The highest BCUT2D eigenvalue weighted by atomic mass is 16.2. The second kappa shape index (κ2) is 4.79. The molecular formula is C13H12N2O2. The van der Waals surface area contributed by atoms with Crippen molar-refractivity contribution in [2.24, 2.45) is 0 Å². The zero-order chi connectivity index (χ0) is 12.3. The van der Waals surface area contributed by atoms with E-state index < -0.39 is 0 Å². The third-order valence-corrected chi connectivity index (χ3v) is 2.83. The van der Waals surface area contributed by atoms with E-state index in [0.717, 1.165) is 24.8 Å². The van der Waals surface area contributed by atoms with Crippen LogP contribution in [0.1, 0.15) is 45.5 Å². The number of carbonyl (C=O) groups is 2. The standard InChI is InChI=1S/C13H12N2O2/c14-8-3-1-2-5-9-6-4-7-10-11(9)13(17)15-12(10)16/h4,6-7H,1-3,5H2,(H,15,16,17). The van der Waals surface area contributed by atoms with Crippen molar-refractivity contribution >= 4 is 11.8 Å². The van der Waals surface area contributed by atoms with E-state index >= 15 is 0 Å². The molecule has 2 rings (SSSR count). The number of imide groups is 1. The Labute approximate surface area is 99.2 Å². The predicted molar refractivity (Wildman–Crippen MR) is 61.4 cm³/mol. The summed E-state index contributed by atoms with van der Waals surface area (Å²) in [6, 6.07) is 7.40. The van der Waals surface area contributed by atoms with Gasteiger partial charge in [0.15, 0.2) is 0 Å². The summed E-state index contributed by atoms with van der Waals surface area (Å²) in [6.45, 7) is 0. The molecule has 17 heavy (non-hydrogen) atoms. The van der Waals surface area contributed by atoms with Gasteiger partial charge in [-0.1, -0.05) is 12.1 Å². The molecular weight excluding hydrogens is 216 g/mol. The van der Waals surface area contributed by atoms with Crippen LogP contribution < -0.4 is 5.32 Å². The molecule has 0 saturated heterocycles. The van der Waals surface area contributed by atoms with Gasteiger partial charge in [-0.2, -0.15) is 5.26 Å². The summed E-state index contributed by atoms with van der Waals surface area (Å²) in [6.07, 6.45) is 2.92. The Morgan fingerprint density at radius 3 is 2.76 bits per heavy atom. The van der Waals surface area contributed by atoms with Crippen LogP contribution in [0.4, 0.5) is 0 Å². The maximum Gasteiger partial charge on any atom is 0.259 e. The first-order valence-corrected chi connectivity index (χ1v) is 5.58. The summed E-state index contributed by atoms with van der Waals surface area (Å²) < 4.78 is 0. The first-order valence-electron chi connectivity index (χ1n) is 5.58. The molecule has 1 aliphatic rings. The number of fused-ring (bicyclic) bond motifs is 1. The fourth-order valence-electron chi connectivity index (χ4n) is 2.02. The largest absolute Gasteiger partial charge is 0.288 e. The van der Waals surface area contributed by atoms with Crippen LogP contribution in [0.2, 0.25) is 0 Å². The van der Waals surface area contributed by atoms with Crippen LogP contribution in [0.3, 0.4) is 0 Å². The molecule has 4 nitrogen and oxygen atoms in total. The average Bonchev–Trinajstić information content (AvgIpc) is 2.62. The van der Waals surface area contributed by atoms with Crippen LogP contribution in [0, 0.1) is 11.3 Å². The van der Waals surface area contributed by atoms with E-state index in [-0.39, 0.29) is 11.8 Å². The van der Waals surface area contributed by atoms with Crippen LogP contribution >= 0.6 is 0 Å². The fraction of sp³-hybridized carbons (Fsp3) is 0.308. The van der Waals surface area contributed by atoms with E-state index in [0.29, 0.717) is 17.5 Å². The molecule has 1 heterocycles. The minimum Gasteiger partial charge on any atom is -0.288 e. The highest BCUT2D eigenvalue weighted by Gasteiger charge is 2.28. The molecule has 4 heteroatoms. The summed E-state index contributed by atoms with van der Waals surface area (Å²) in [5.41, 5.74) is 1.87. The van der Waals surface area contributed by atoms with Gasteiger partial charge in [0.1, 0.15) is 0 Å². The van der Waals surface area contributed by atoms with Gasteiger partial charge in [-0.15, -0.1) is 0 Å². The number of nitrogens with one attached hydrogen (secondary N) is 1. The number of hydrogen-bond donors (Lipinski definition) is 1. The van der Waals surface area contributed by atoms with Gasteiger partial charge in [-0.25, -0.2) is 0 Å². The lowest BCUT2D eigenvalue weighted by Crippen LogP contribution is -2.20. The quantitative estimate of drug-likeness (QED) is 0.631. The van der Waals surface area contributed by atoms with E-state index in [1.807, 2.05) is 6.07 Å². The van der Waals surface area contributed by atoms with E-state index in [1.165, 1.54) is 0 Å². The number of rotatable bonds is 4. The third kappa shape index (κ3) is 2.18. The second-order valence-electron chi connectivity index (χ2n) is 3.99. The maximum absolute atomic E-state index is 11.6. The van der Waals surface area contributed by atoms with Gasteiger partial charge < -0.3 is 0 Å². The zero-order valence-electron chi connectivity index (χ0n) is 9.32. The van der Waals surface area contributed by atoms with Crippen LogP contribution in [0.25, 0.3) is 0 Å². The van der Waals surface area contributed by atoms with Gasteiger partial charge in [0, 0.05) is 6.42 Å². The molecule has 0 aromatic heterocycles. The van der Waals surface area contributed by atoms with Gasteiger partial charge in [0.05, 0.1) is 17.2 Å². The van der Waals surface area contributed by atoms with Crippen molar-refractivity contribution in [2.75, 3.05) is 0 Å². The van der Waals surface area contributed by atoms with Crippen molar-refractivity contribution in [1.29, 1.82) is 5.26 Å². The minimum absolute atomic E-state index is 0.305. The molecule has 0 bridgehead atoms. The Morgan fingerprint density at radius 1 is 1.18 bits per heavy atom. The Balaban J connectivity index is 2.17. The topological polar surface area (TPSA) is 70.0 Å². The van der Waals surface area contributed by atoms with E-state index in [2.05, 4.69) is 11.4 Å². The van der Waals surface area contributed by atoms with Crippen molar-refractivity contribution in [1.82, 2.24) is 5.32 Å². The molecule has 1 aromatic carbocycles. The van der Waals surface area contributed by atoms with E-state index in [1.54, 1.807) is 12.1 Å². The number of benzene rings is 1. The second-order valence-corrected chi connectivity index (χ2v) is 3.99. The van der Waals surface area contributed by atoms with Crippen LogP contribution in [0.5, 0.6) is 0 Å². The van der Waals surface area contributed by atoms with Crippen molar-refractivity contribution < 1.29 is 9.59 Å². The summed E-state index contributed by atoms with van der Waals surface area (Å²) >= 11 is 0. The number of carbonyl (C=O) groups excluding carboxylic acids is 2. The number of unbranched alkanes of at least 4 members (excludes halogenated alkanes) is 2. The van der Waals surface area contributed by atoms with Gasteiger partial charge in [0.2, 0.25) is 0 Å². The molecule has 0 unspecified atom stereocenters. The Hall–Kier alpha value is -2.15. The summed E-state index contributed by atoms with van der Waals surface area (Å²) in [5, 5.41) is 10.7. The molecule has 0 spiro atoms. The highest BCUT2D eigenvalue weighted by Crippen LogP contribution is 2.21. The average molecular weight is 228 g/mol. The van der Waals surface area contributed by atoms with E-state index in [4.69, 9.17) is 5.26 Å². The Kier molecular flexibility index (Phi) is 3.20. The molecule has 0 fully saturated rings. The van der Waals surface area contributed by atoms with E-state index in [9.17, 15) is 9.59 Å². The molecule has 86 valence electrons. The highest BCUT2D eigenvalue weighted by molar-refractivity contribution is 6.22. The fourth-order valence-corrected chi connectivity index (χ4v) is 2.02. The molecule has 1 aromatic rings. The van der Waals surface area contributed by atoms with Crippen molar-refractivity contribution in [3.8, 4) is 6.07 Å². The van der Waals surface area contributed by atoms with Crippen molar-refractivity contribution in [3.05, 3.63) is 34.9 Å². The SMILES string of the molecule is N#CCCCCc1cccc2c1C(=O)NC2=O. The molecule has 0 aliphatic carbocycles. The first-order chi connectivity index (χ1) is 8.24. The molecule has 1 aliphatic heterocycles. The molecule has 1 N–H and O–H groups in total. The Morgan fingerprint density at radius 2 is 2.00 bits per heavy atom. The molecule has 0 atom stereocenters. The number of aryl methyl sites for hydroxylation is 1. The number of amides is 2. The lowest BCUT2D eigenvalue weighted by molar-refractivity contribution is 0.0879. The summed E-state index contributed by atoms with van der Waals surface area (Å²) in [5.74, 6) is -0.621. The van der Waals surface area contributed by atoms with Crippen molar-refractivity contribution in [2.45, 2.75) is 25.7 Å². The molecule has 2 amide bonds. The normalized spacial score (nSPS) is 13.1. The minimum atomic E-state index is -0.316. The molecule has 0 saturated carbocycles. The lowest BCUT2D eigenvalue weighted by Gasteiger charge is -2.04. The van der Waals surface area contributed by atoms with Gasteiger partial charge in [0.25, 0.3) is 11.8 Å². The van der Waals surface area contributed by atoms with Gasteiger partial charge in [-0.3, -0.25) is 14.9 Å². The zero-order valence-corrected chi connectivity index (χ0v) is 9.32. The maximum atomic E-state index is 11.6. The van der Waals surface area contributed by atoms with Crippen LogP contribution in [0.15, 0.2) is 18.2 Å². The Bertz CT molecular complexity index is 515. The predicted octanol–water partition coefficient (Wildman–Crippen LogP) is 1.81. The summed E-state index contributed by atoms with van der Waals surface area (Å²) in [7, 11) is 0. The van der Waals surface area contributed by atoms with Crippen LogP contribution in [-0.4, -0.2) is 11.8 Å². The van der Waals surface area contributed by atoms with Gasteiger partial charge in [-0.05, 0) is 30.9 Å². The number of nitriles is 1. The lowest BCUT2D eigenvalue weighted by atomic mass is 9.98. The van der Waals surface area contributed by atoms with Crippen molar-refractivity contribution in [3.63, 3.8) is 0 Å². The van der Waals surface area contributed by atoms with Gasteiger partial charge >= 0.3 is 0 Å². The first kappa shape index (κ1) is 11.3. The monoisotopic (exact) mass is 228 g/mol. The third-order valence-electron chi connectivity index (χ3n) is 2.83. The number of hydrogen-bond acceptors (Lipinski definition) is 3. The molecule has 0 radical (unpaired) electrons. The number of nitrogens with zero attached hydrogens (tertiary/aromatic N) is 1.